The summed E-state index contributed by atoms with van der Waals surface area (Å²) < 4.78 is 2.07. The van der Waals surface area contributed by atoms with Gasteiger partial charge in [-0.15, -0.1) is 34.2 Å². The lowest BCUT2D eigenvalue weighted by atomic mass is 10.2. The molecule has 0 spiro atoms. The van der Waals surface area contributed by atoms with Gasteiger partial charge in [-0.1, -0.05) is 19.9 Å². The van der Waals surface area contributed by atoms with Crippen molar-refractivity contribution in [3.63, 3.8) is 0 Å². The highest BCUT2D eigenvalue weighted by Crippen LogP contribution is 2.14. The quantitative estimate of drug-likeness (QED) is 0.284. The molecule has 0 aromatic carbocycles. The molecule has 0 bridgehead atoms. The largest absolute Gasteiger partial charge is 0.357 e. The summed E-state index contributed by atoms with van der Waals surface area (Å²) in [5.41, 5.74) is 1.11. The molecule has 0 amide bonds. The molecule has 31 heavy (non-hydrogen) atoms. The van der Waals surface area contributed by atoms with E-state index < -0.39 is 0 Å². The number of guanidine groups is 1. The van der Waals surface area contributed by atoms with Gasteiger partial charge in [0.05, 0.1) is 6.54 Å². The van der Waals surface area contributed by atoms with Crippen molar-refractivity contribution >= 4 is 35.8 Å². The first-order chi connectivity index (χ1) is 14.7. The van der Waals surface area contributed by atoms with Gasteiger partial charge in [-0.2, -0.15) is 0 Å². The van der Waals surface area contributed by atoms with Gasteiger partial charge < -0.3 is 25.0 Å². The Morgan fingerprint density at radius 1 is 1.10 bits per heavy atom. The van der Waals surface area contributed by atoms with E-state index in [2.05, 4.69) is 73.1 Å². The summed E-state index contributed by atoms with van der Waals surface area (Å²) in [5, 5.41) is 14.8. The predicted molar refractivity (Wildman–Crippen MR) is 136 cm³/mol. The molecule has 2 aromatic rings. The second-order valence-electron chi connectivity index (χ2n) is 7.36. The molecule has 0 saturated carbocycles. The van der Waals surface area contributed by atoms with E-state index in [1.165, 1.54) is 0 Å². The minimum Gasteiger partial charge on any atom is -0.357 e. The highest BCUT2D eigenvalue weighted by molar-refractivity contribution is 14.0. The Labute approximate surface area is 202 Å². The Kier molecular flexibility index (Phi) is 11.0. The van der Waals surface area contributed by atoms with Crippen molar-refractivity contribution in [2.24, 2.45) is 4.99 Å². The van der Waals surface area contributed by atoms with Gasteiger partial charge >= 0.3 is 0 Å². The lowest BCUT2D eigenvalue weighted by Crippen LogP contribution is -2.46. The number of hydrogen-bond donors (Lipinski definition) is 2. The number of likely N-dealkylation sites (N-methyl/N-ethyl adjacent to an activating group) is 1. The number of aliphatic imine (C=N–C) groups is 1. The Hall–Kier alpha value is -1.95. The van der Waals surface area contributed by atoms with Crippen molar-refractivity contribution in [2.45, 2.75) is 40.3 Å². The van der Waals surface area contributed by atoms with Crippen LogP contribution in [-0.2, 0) is 19.5 Å². The Morgan fingerprint density at radius 2 is 1.90 bits per heavy atom. The number of aryl methyl sites for hydroxylation is 1. The van der Waals surface area contributed by atoms with E-state index in [9.17, 15) is 0 Å². The third-order valence-corrected chi connectivity index (χ3v) is 5.37. The Morgan fingerprint density at radius 3 is 2.55 bits per heavy atom. The number of halogens is 1. The summed E-state index contributed by atoms with van der Waals surface area (Å²) >= 11 is 0. The molecular formula is C21H36IN9. The van der Waals surface area contributed by atoms with Gasteiger partial charge in [-0.05, 0) is 25.1 Å². The fraction of sp³-hybridized carbons (Fsp3) is 0.619. The highest BCUT2D eigenvalue weighted by atomic mass is 127. The molecule has 10 heteroatoms. The molecule has 0 unspecified atom stereocenters. The van der Waals surface area contributed by atoms with E-state index in [1.807, 2.05) is 6.20 Å². The van der Waals surface area contributed by atoms with Crippen molar-refractivity contribution in [3.8, 4) is 0 Å². The van der Waals surface area contributed by atoms with E-state index in [-0.39, 0.29) is 24.0 Å². The van der Waals surface area contributed by atoms with Crippen LogP contribution in [0.3, 0.4) is 0 Å². The van der Waals surface area contributed by atoms with Gasteiger partial charge in [0.1, 0.15) is 18.0 Å². The minimum atomic E-state index is 0. The number of hydrogen-bond acceptors (Lipinski definition) is 6. The van der Waals surface area contributed by atoms with Crippen molar-refractivity contribution in [2.75, 3.05) is 50.7 Å². The number of nitrogens with one attached hydrogen (secondary N) is 2. The van der Waals surface area contributed by atoms with Crippen LogP contribution in [0.4, 0.5) is 5.82 Å². The molecule has 9 nitrogen and oxygen atoms in total. The van der Waals surface area contributed by atoms with Gasteiger partial charge in [0.2, 0.25) is 0 Å². The molecule has 0 radical (unpaired) electrons. The smallest absolute Gasteiger partial charge is 0.191 e. The van der Waals surface area contributed by atoms with E-state index in [4.69, 9.17) is 4.99 Å². The molecule has 172 valence electrons. The summed E-state index contributed by atoms with van der Waals surface area (Å²) in [6.45, 7) is 14.8. The summed E-state index contributed by atoms with van der Waals surface area (Å²) in [6, 6.07) is 4.25. The number of rotatable bonds is 9. The topological polar surface area (TPSA) is 86.5 Å². The molecule has 1 aliphatic heterocycles. The van der Waals surface area contributed by atoms with E-state index in [0.717, 1.165) is 81.9 Å². The van der Waals surface area contributed by atoms with E-state index >= 15 is 0 Å². The van der Waals surface area contributed by atoms with Crippen LogP contribution in [0.5, 0.6) is 0 Å². The monoisotopic (exact) mass is 541 g/mol. The maximum absolute atomic E-state index is 4.70. The minimum absolute atomic E-state index is 0. The lowest BCUT2D eigenvalue weighted by Gasteiger charge is -2.34. The normalized spacial score (nSPS) is 14.9. The molecule has 3 rings (SSSR count). The Bertz CT molecular complexity index is 782. The molecule has 0 atom stereocenters. The van der Waals surface area contributed by atoms with Crippen LogP contribution in [0, 0.1) is 0 Å². The number of anilines is 1. The summed E-state index contributed by atoms with van der Waals surface area (Å²) in [7, 11) is 0. The Balaban J connectivity index is 0.00000341. The highest BCUT2D eigenvalue weighted by Gasteiger charge is 2.16. The first kappa shape index (κ1) is 25.3. The zero-order valence-electron chi connectivity index (χ0n) is 18.9. The van der Waals surface area contributed by atoms with Crippen LogP contribution in [0.15, 0.2) is 29.6 Å². The van der Waals surface area contributed by atoms with Crippen molar-refractivity contribution < 1.29 is 0 Å². The van der Waals surface area contributed by atoms with Gasteiger partial charge in [0, 0.05) is 58.4 Å². The molecule has 2 aromatic heterocycles. The molecular weight excluding hydrogens is 505 g/mol. The number of pyridine rings is 1. The van der Waals surface area contributed by atoms with Gasteiger partial charge in [-0.25, -0.2) is 9.98 Å². The molecule has 1 fully saturated rings. The standard InChI is InChI=1S/C21H35N9.HI/c1-4-19-27-26-17-30(19)10-9-23-21(22-5-2)25-16-18-7-8-20(24-15-18)29-13-11-28(6-3)12-14-29;/h7-8,15,17H,4-6,9-14,16H2,1-3H3,(H2,22,23,25);1H. The SMILES string of the molecule is CCNC(=NCc1ccc(N2CCN(CC)CC2)nc1)NCCn1cnnc1CC.I. The maximum atomic E-state index is 4.70. The van der Waals surface area contributed by atoms with Crippen LogP contribution < -0.4 is 15.5 Å². The number of nitrogens with zero attached hydrogens (tertiary/aromatic N) is 7. The zero-order valence-corrected chi connectivity index (χ0v) is 21.2. The summed E-state index contributed by atoms with van der Waals surface area (Å²) in [4.78, 5) is 14.2. The number of aromatic nitrogens is 4. The van der Waals surface area contributed by atoms with Gasteiger partial charge in [-0.3, -0.25) is 0 Å². The molecule has 0 aliphatic carbocycles. The third kappa shape index (κ3) is 7.60. The average Bonchev–Trinajstić information content (AvgIpc) is 3.25. The lowest BCUT2D eigenvalue weighted by molar-refractivity contribution is 0.270. The van der Waals surface area contributed by atoms with Crippen LogP contribution >= 0.6 is 24.0 Å². The second kappa shape index (κ2) is 13.5. The second-order valence-corrected chi connectivity index (χ2v) is 7.36. The van der Waals surface area contributed by atoms with Crippen molar-refractivity contribution in [1.82, 2.24) is 35.3 Å². The van der Waals surface area contributed by atoms with Crippen LogP contribution in [0.1, 0.15) is 32.2 Å². The van der Waals surface area contributed by atoms with Gasteiger partial charge in [0.15, 0.2) is 5.96 Å². The van der Waals surface area contributed by atoms with Gasteiger partial charge in [0.25, 0.3) is 0 Å². The average molecular weight is 541 g/mol. The first-order valence-electron chi connectivity index (χ1n) is 11.0. The maximum Gasteiger partial charge on any atom is 0.191 e. The third-order valence-electron chi connectivity index (χ3n) is 5.37. The van der Waals surface area contributed by atoms with Crippen LogP contribution in [-0.4, -0.2) is 76.4 Å². The van der Waals surface area contributed by atoms with E-state index in [1.54, 1.807) is 6.33 Å². The molecule has 2 N–H and O–H groups in total. The summed E-state index contributed by atoms with van der Waals surface area (Å²) in [6.07, 6.45) is 4.60. The fourth-order valence-electron chi connectivity index (χ4n) is 3.54. The predicted octanol–water partition coefficient (Wildman–Crippen LogP) is 1.75. The molecule has 1 saturated heterocycles. The van der Waals surface area contributed by atoms with Crippen molar-refractivity contribution in [1.29, 1.82) is 0 Å². The first-order valence-corrected chi connectivity index (χ1v) is 11.0. The molecule has 1 aliphatic rings. The molecule has 3 heterocycles. The van der Waals surface area contributed by atoms with Crippen LogP contribution in [0.25, 0.3) is 0 Å². The van der Waals surface area contributed by atoms with E-state index in [0.29, 0.717) is 6.54 Å². The van der Waals surface area contributed by atoms with Crippen molar-refractivity contribution in [3.05, 3.63) is 36.0 Å². The zero-order chi connectivity index (χ0) is 21.2. The van der Waals surface area contributed by atoms with Crippen LogP contribution in [0.2, 0.25) is 0 Å². The fourth-order valence-corrected chi connectivity index (χ4v) is 3.54. The summed E-state index contributed by atoms with van der Waals surface area (Å²) in [5.74, 6) is 2.87. The number of piperazine rings is 1.